The van der Waals surface area contributed by atoms with E-state index in [-0.39, 0.29) is 10.8 Å². The molecule has 2 aromatic rings. The second-order valence-corrected chi connectivity index (χ2v) is 8.37. The molecule has 1 amide bonds. The molecule has 0 aliphatic carbocycles. The lowest BCUT2D eigenvalue weighted by atomic mass is 10.2. The van der Waals surface area contributed by atoms with E-state index in [9.17, 15) is 13.2 Å². The lowest BCUT2D eigenvalue weighted by molar-refractivity contribution is -0.111. The van der Waals surface area contributed by atoms with E-state index in [1.807, 2.05) is 13.8 Å². The molecule has 2 N–H and O–H groups in total. The number of hydrogen-bond acceptors (Lipinski definition) is 3. The van der Waals surface area contributed by atoms with Crippen molar-refractivity contribution >= 4 is 43.2 Å². The third-order valence-corrected chi connectivity index (χ3v) is 5.31. The largest absolute Gasteiger partial charge is 0.322 e. The smallest absolute Gasteiger partial charge is 0.262 e. The molecule has 0 aromatic heterocycles. The number of benzene rings is 2. The van der Waals surface area contributed by atoms with Gasteiger partial charge in [0, 0.05) is 21.9 Å². The van der Waals surface area contributed by atoms with Crippen LogP contribution in [-0.2, 0) is 14.8 Å². The number of rotatable bonds is 5. The number of hydrogen-bond donors (Lipinski definition) is 2. The Labute approximate surface area is 156 Å². The summed E-state index contributed by atoms with van der Waals surface area (Å²) < 4.78 is 28.8. The van der Waals surface area contributed by atoms with Gasteiger partial charge in [-0.1, -0.05) is 27.6 Å². The second-order valence-electron chi connectivity index (χ2n) is 5.80. The Morgan fingerprint density at radius 1 is 1.04 bits per heavy atom. The summed E-state index contributed by atoms with van der Waals surface area (Å²) in [6, 6.07) is 11.6. The molecule has 0 radical (unpaired) electrons. The number of allylic oxidation sites excluding steroid dienone is 1. The van der Waals surface area contributed by atoms with Crippen molar-refractivity contribution in [3.05, 3.63) is 64.1 Å². The Hall–Kier alpha value is -2.12. The number of carbonyl (C=O) groups excluding carboxylic acids is 1. The van der Waals surface area contributed by atoms with E-state index in [2.05, 4.69) is 26.0 Å². The molecule has 0 aliphatic rings. The molecule has 2 rings (SSSR count). The normalized spacial score (nSPS) is 10.9. The SMILES string of the molecule is CC(C)=CC(=O)Nc1ccc(C)c(S(=O)(=O)Nc2ccc(Br)cc2)c1. The molecule has 132 valence electrons. The fraction of sp³-hybridized carbons (Fsp3) is 0.167. The molecule has 0 fully saturated rings. The minimum atomic E-state index is -3.77. The zero-order valence-electron chi connectivity index (χ0n) is 14.1. The summed E-state index contributed by atoms with van der Waals surface area (Å²) in [5.41, 5.74) is 2.32. The molecule has 0 saturated heterocycles. The molecule has 0 spiro atoms. The van der Waals surface area contributed by atoms with Crippen LogP contribution in [0, 0.1) is 6.92 Å². The zero-order chi connectivity index (χ0) is 18.6. The maximum absolute atomic E-state index is 12.7. The van der Waals surface area contributed by atoms with E-state index in [1.165, 1.54) is 12.1 Å². The van der Waals surface area contributed by atoms with Crippen molar-refractivity contribution in [3.8, 4) is 0 Å². The highest BCUT2D eigenvalue weighted by molar-refractivity contribution is 9.10. The number of anilines is 2. The summed E-state index contributed by atoms with van der Waals surface area (Å²) in [5, 5.41) is 2.67. The molecule has 5 nitrogen and oxygen atoms in total. The van der Waals surface area contributed by atoms with Gasteiger partial charge in [-0.15, -0.1) is 0 Å². The van der Waals surface area contributed by atoms with Gasteiger partial charge in [0.05, 0.1) is 4.90 Å². The molecular weight excluding hydrogens is 404 g/mol. The lowest BCUT2D eigenvalue weighted by Gasteiger charge is -2.12. The first-order valence-electron chi connectivity index (χ1n) is 7.52. The molecule has 0 saturated carbocycles. The molecule has 0 atom stereocenters. The molecular formula is C18H19BrN2O3S. The van der Waals surface area contributed by atoms with Crippen LogP contribution in [0.3, 0.4) is 0 Å². The predicted molar refractivity (Wildman–Crippen MR) is 104 cm³/mol. The highest BCUT2D eigenvalue weighted by atomic mass is 79.9. The maximum atomic E-state index is 12.7. The number of carbonyl (C=O) groups is 1. The standard InChI is InChI=1S/C18H19BrN2O3S/c1-12(2)10-18(22)20-16-7-4-13(3)17(11-16)25(23,24)21-15-8-5-14(19)6-9-15/h4-11,21H,1-3H3,(H,20,22). The maximum Gasteiger partial charge on any atom is 0.262 e. The number of nitrogens with one attached hydrogen (secondary N) is 2. The molecule has 0 aliphatic heterocycles. The fourth-order valence-electron chi connectivity index (χ4n) is 2.14. The highest BCUT2D eigenvalue weighted by Crippen LogP contribution is 2.24. The average Bonchev–Trinajstić information content (AvgIpc) is 2.50. The molecule has 0 bridgehead atoms. The first-order valence-corrected chi connectivity index (χ1v) is 9.80. The van der Waals surface area contributed by atoms with Crippen LogP contribution in [0.1, 0.15) is 19.4 Å². The van der Waals surface area contributed by atoms with Gasteiger partial charge in [0.25, 0.3) is 10.0 Å². The Morgan fingerprint density at radius 2 is 1.64 bits per heavy atom. The number of amides is 1. The second kappa shape index (κ2) is 7.84. The van der Waals surface area contributed by atoms with Crippen LogP contribution in [-0.4, -0.2) is 14.3 Å². The Morgan fingerprint density at radius 3 is 2.24 bits per heavy atom. The van der Waals surface area contributed by atoms with Crippen LogP contribution < -0.4 is 10.0 Å². The lowest BCUT2D eigenvalue weighted by Crippen LogP contribution is -2.15. The first kappa shape index (κ1) is 19.2. The van der Waals surface area contributed by atoms with Crippen LogP contribution in [0.4, 0.5) is 11.4 Å². The third kappa shape index (κ3) is 5.44. The summed E-state index contributed by atoms with van der Waals surface area (Å²) in [6.07, 6.45) is 1.45. The summed E-state index contributed by atoms with van der Waals surface area (Å²) in [7, 11) is -3.77. The molecule has 0 unspecified atom stereocenters. The number of aryl methyl sites for hydroxylation is 1. The number of halogens is 1. The zero-order valence-corrected chi connectivity index (χ0v) is 16.5. The summed E-state index contributed by atoms with van der Waals surface area (Å²) in [4.78, 5) is 12.0. The van der Waals surface area contributed by atoms with E-state index < -0.39 is 10.0 Å². The Balaban J connectivity index is 2.30. The first-order chi connectivity index (χ1) is 11.7. The fourth-order valence-corrected chi connectivity index (χ4v) is 3.73. The Kier molecular flexibility index (Phi) is 6.02. The van der Waals surface area contributed by atoms with Crippen molar-refractivity contribution in [3.63, 3.8) is 0 Å². The van der Waals surface area contributed by atoms with Crippen LogP contribution in [0.2, 0.25) is 0 Å². The topological polar surface area (TPSA) is 75.3 Å². The Bertz CT molecular complexity index is 916. The summed E-state index contributed by atoms with van der Waals surface area (Å²) in [5.74, 6) is -0.298. The van der Waals surface area contributed by atoms with Crippen LogP contribution >= 0.6 is 15.9 Å². The van der Waals surface area contributed by atoms with Crippen molar-refractivity contribution in [1.29, 1.82) is 0 Å². The van der Waals surface area contributed by atoms with E-state index in [4.69, 9.17) is 0 Å². The van der Waals surface area contributed by atoms with E-state index >= 15 is 0 Å². The predicted octanol–water partition coefficient (Wildman–Crippen LogP) is 4.46. The van der Waals surface area contributed by atoms with Crippen molar-refractivity contribution in [1.82, 2.24) is 0 Å². The molecule has 7 heteroatoms. The van der Waals surface area contributed by atoms with Crippen LogP contribution in [0.5, 0.6) is 0 Å². The van der Waals surface area contributed by atoms with Crippen molar-refractivity contribution in [2.24, 2.45) is 0 Å². The monoisotopic (exact) mass is 422 g/mol. The minimum absolute atomic E-state index is 0.116. The van der Waals surface area contributed by atoms with E-state index in [1.54, 1.807) is 43.3 Å². The summed E-state index contributed by atoms with van der Waals surface area (Å²) in [6.45, 7) is 5.33. The van der Waals surface area contributed by atoms with Gasteiger partial charge in [-0.05, 0) is 62.7 Å². The van der Waals surface area contributed by atoms with Crippen molar-refractivity contribution in [2.75, 3.05) is 10.0 Å². The van der Waals surface area contributed by atoms with E-state index in [0.29, 0.717) is 16.9 Å². The van der Waals surface area contributed by atoms with Gasteiger partial charge in [-0.3, -0.25) is 9.52 Å². The van der Waals surface area contributed by atoms with Crippen LogP contribution in [0.15, 0.2) is 63.5 Å². The highest BCUT2D eigenvalue weighted by Gasteiger charge is 2.18. The van der Waals surface area contributed by atoms with Crippen molar-refractivity contribution < 1.29 is 13.2 Å². The van der Waals surface area contributed by atoms with Gasteiger partial charge in [-0.2, -0.15) is 0 Å². The average molecular weight is 423 g/mol. The third-order valence-electron chi connectivity index (χ3n) is 3.26. The molecule has 25 heavy (non-hydrogen) atoms. The van der Waals surface area contributed by atoms with Gasteiger partial charge in [0.15, 0.2) is 0 Å². The van der Waals surface area contributed by atoms with Gasteiger partial charge in [0.2, 0.25) is 5.91 Å². The van der Waals surface area contributed by atoms with Gasteiger partial charge in [-0.25, -0.2) is 8.42 Å². The minimum Gasteiger partial charge on any atom is -0.322 e. The quantitative estimate of drug-likeness (QED) is 0.698. The van der Waals surface area contributed by atoms with Gasteiger partial charge < -0.3 is 5.32 Å². The summed E-state index contributed by atoms with van der Waals surface area (Å²) >= 11 is 3.31. The van der Waals surface area contributed by atoms with E-state index in [0.717, 1.165) is 10.0 Å². The molecule has 0 heterocycles. The van der Waals surface area contributed by atoms with Crippen LogP contribution in [0.25, 0.3) is 0 Å². The van der Waals surface area contributed by atoms with Gasteiger partial charge >= 0.3 is 0 Å². The van der Waals surface area contributed by atoms with Crippen molar-refractivity contribution in [2.45, 2.75) is 25.7 Å². The molecule has 2 aromatic carbocycles. The number of sulfonamides is 1. The van der Waals surface area contributed by atoms with Gasteiger partial charge in [0.1, 0.15) is 0 Å².